The van der Waals surface area contributed by atoms with E-state index >= 15 is 0 Å². The molecule has 0 bridgehead atoms. The molecule has 1 saturated heterocycles. The summed E-state index contributed by atoms with van der Waals surface area (Å²) in [6.45, 7) is 2.16. The minimum atomic E-state index is -0.280. The number of piperidine rings is 1. The molecular formula is C24H29N5O. The minimum Gasteiger partial charge on any atom is -0.370 e. The second-order valence-corrected chi connectivity index (χ2v) is 8.69. The van der Waals surface area contributed by atoms with Crippen LogP contribution in [-0.2, 0) is 11.3 Å². The summed E-state index contributed by atoms with van der Waals surface area (Å²) < 4.78 is 0. The van der Waals surface area contributed by atoms with Crippen LogP contribution in [0.5, 0.6) is 0 Å². The van der Waals surface area contributed by atoms with Gasteiger partial charge in [0.15, 0.2) is 5.82 Å². The Labute approximate surface area is 177 Å². The maximum absolute atomic E-state index is 12.9. The number of benzene rings is 1. The lowest BCUT2D eigenvalue weighted by Gasteiger charge is -2.46. The first-order valence-electron chi connectivity index (χ1n) is 11.1. The molecule has 156 valence electrons. The van der Waals surface area contributed by atoms with E-state index in [4.69, 9.17) is 4.99 Å². The summed E-state index contributed by atoms with van der Waals surface area (Å²) in [4.78, 5) is 24.4. The number of aromatic nitrogens is 1. The van der Waals surface area contributed by atoms with E-state index in [1.54, 1.807) is 6.20 Å². The van der Waals surface area contributed by atoms with Gasteiger partial charge in [-0.05, 0) is 43.4 Å². The van der Waals surface area contributed by atoms with Crippen molar-refractivity contribution in [3.8, 4) is 0 Å². The molecule has 2 aromatic rings. The number of nitrogens with zero attached hydrogens (tertiary/aromatic N) is 3. The number of rotatable bonds is 3. The molecule has 2 fully saturated rings. The number of fused-ring (bicyclic) bond motifs is 1. The highest BCUT2D eigenvalue weighted by molar-refractivity contribution is 6.08. The van der Waals surface area contributed by atoms with Gasteiger partial charge in [0.05, 0.1) is 17.8 Å². The second kappa shape index (κ2) is 8.09. The van der Waals surface area contributed by atoms with Gasteiger partial charge in [-0.2, -0.15) is 0 Å². The number of carbonyl (C=O) groups excluding carboxylic acids is 1. The van der Waals surface area contributed by atoms with Gasteiger partial charge < -0.3 is 15.5 Å². The normalized spacial score (nSPS) is 21.9. The predicted octanol–water partition coefficient (Wildman–Crippen LogP) is 4.07. The van der Waals surface area contributed by atoms with Gasteiger partial charge in [0, 0.05) is 25.2 Å². The van der Waals surface area contributed by atoms with Crippen LogP contribution in [0.3, 0.4) is 0 Å². The fraction of sp³-hybridized carbons (Fsp3) is 0.458. The molecule has 2 N–H and O–H groups in total. The van der Waals surface area contributed by atoms with Crippen molar-refractivity contribution in [2.75, 3.05) is 23.7 Å². The zero-order valence-corrected chi connectivity index (χ0v) is 17.3. The summed E-state index contributed by atoms with van der Waals surface area (Å²) in [7, 11) is 0. The maximum atomic E-state index is 12.9. The predicted molar refractivity (Wildman–Crippen MR) is 120 cm³/mol. The van der Waals surface area contributed by atoms with Crippen molar-refractivity contribution in [3.63, 3.8) is 0 Å². The number of hydrogen-bond acceptors (Lipinski definition) is 4. The highest BCUT2D eigenvalue weighted by atomic mass is 16.2. The van der Waals surface area contributed by atoms with Gasteiger partial charge in [0.25, 0.3) is 0 Å². The number of hydrogen-bond donors (Lipinski definition) is 2. The average molecular weight is 404 g/mol. The zero-order chi connectivity index (χ0) is 20.4. The smallest absolute Gasteiger partial charge is 0.225 e. The molecule has 1 saturated carbocycles. The molecule has 6 heteroatoms. The molecule has 1 aliphatic carbocycles. The van der Waals surface area contributed by atoms with Crippen LogP contribution >= 0.6 is 0 Å². The lowest BCUT2D eigenvalue weighted by molar-refractivity contribution is -0.136. The summed E-state index contributed by atoms with van der Waals surface area (Å²) in [5, 5.41) is 7.23. The Morgan fingerprint density at radius 2 is 1.87 bits per heavy atom. The van der Waals surface area contributed by atoms with Crippen molar-refractivity contribution in [3.05, 3.63) is 54.2 Å². The van der Waals surface area contributed by atoms with E-state index < -0.39 is 0 Å². The molecule has 3 aliphatic rings. The molecule has 30 heavy (non-hydrogen) atoms. The molecule has 1 amide bonds. The van der Waals surface area contributed by atoms with Crippen LogP contribution in [0.15, 0.2) is 53.7 Å². The standard InChI is InChI=1S/C24H29N5O/c30-22(19-9-4-5-10-19)29-15-12-24(13-16-29)23(26-17-18-7-2-1-3-8-18)27-21-20(28-24)11-6-14-25-21/h1-3,6-8,11,14,19,28H,4-5,9-10,12-13,15-17H2,(H,25,26,27). The van der Waals surface area contributed by atoms with Crippen molar-refractivity contribution in [1.29, 1.82) is 0 Å². The zero-order valence-electron chi connectivity index (χ0n) is 17.3. The monoisotopic (exact) mass is 403 g/mol. The van der Waals surface area contributed by atoms with E-state index in [-0.39, 0.29) is 11.5 Å². The van der Waals surface area contributed by atoms with E-state index in [1.165, 1.54) is 18.4 Å². The Kier molecular flexibility index (Phi) is 5.15. The maximum Gasteiger partial charge on any atom is 0.225 e. The Morgan fingerprint density at radius 3 is 2.63 bits per heavy atom. The summed E-state index contributed by atoms with van der Waals surface area (Å²) in [6.07, 6.45) is 8.00. The Balaban J connectivity index is 1.37. The molecule has 1 aromatic carbocycles. The number of amides is 1. The van der Waals surface area contributed by atoms with Crippen LogP contribution in [0.4, 0.5) is 11.5 Å². The van der Waals surface area contributed by atoms with E-state index in [9.17, 15) is 4.79 Å². The Hall–Kier alpha value is -2.89. The highest BCUT2D eigenvalue weighted by Crippen LogP contribution is 2.37. The second-order valence-electron chi connectivity index (χ2n) is 8.69. The van der Waals surface area contributed by atoms with Gasteiger partial charge in [-0.15, -0.1) is 0 Å². The van der Waals surface area contributed by atoms with Gasteiger partial charge in [0.2, 0.25) is 5.91 Å². The molecule has 3 heterocycles. The number of aliphatic imine (C=N–C) groups is 1. The van der Waals surface area contributed by atoms with Gasteiger partial charge >= 0.3 is 0 Å². The van der Waals surface area contributed by atoms with Crippen molar-refractivity contribution >= 4 is 23.2 Å². The molecule has 2 aliphatic heterocycles. The third kappa shape index (κ3) is 3.66. The molecule has 6 nitrogen and oxygen atoms in total. The van der Waals surface area contributed by atoms with Crippen LogP contribution in [-0.4, -0.2) is 40.3 Å². The van der Waals surface area contributed by atoms with Gasteiger partial charge in [-0.25, -0.2) is 4.98 Å². The summed E-state index contributed by atoms with van der Waals surface area (Å²) in [6, 6.07) is 14.3. The SMILES string of the molecule is O=C(C1CCCC1)N1CCC2(CC1)Nc1cccnc1NC2=NCc1ccccc1. The molecule has 0 radical (unpaired) electrons. The average Bonchev–Trinajstić information content (AvgIpc) is 3.33. The summed E-state index contributed by atoms with van der Waals surface area (Å²) in [5.74, 6) is 2.36. The van der Waals surface area contributed by atoms with Crippen molar-refractivity contribution in [1.82, 2.24) is 9.88 Å². The van der Waals surface area contributed by atoms with Crippen LogP contribution in [0.2, 0.25) is 0 Å². The molecule has 1 aromatic heterocycles. The fourth-order valence-corrected chi connectivity index (χ4v) is 5.00. The largest absolute Gasteiger partial charge is 0.370 e. The molecule has 1 spiro atoms. The molecule has 0 unspecified atom stereocenters. The number of anilines is 2. The van der Waals surface area contributed by atoms with Gasteiger partial charge in [-0.1, -0.05) is 43.2 Å². The first-order chi connectivity index (χ1) is 14.7. The van der Waals surface area contributed by atoms with Gasteiger partial charge in [-0.3, -0.25) is 9.79 Å². The minimum absolute atomic E-state index is 0.243. The molecule has 5 rings (SSSR count). The third-order valence-corrected chi connectivity index (χ3v) is 6.77. The van der Waals surface area contributed by atoms with E-state index in [0.717, 1.165) is 56.1 Å². The third-order valence-electron chi connectivity index (χ3n) is 6.77. The lowest BCUT2D eigenvalue weighted by atomic mass is 9.83. The number of likely N-dealkylation sites (tertiary alicyclic amines) is 1. The van der Waals surface area contributed by atoms with E-state index in [2.05, 4.69) is 38.7 Å². The first-order valence-corrected chi connectivity index (χ1v) is 11.1. The number of pyridine rings is 1. The van der Waals surface area contributed by atoms with E-state index in [1.807, 2.05) is 24.3 Å². The lowest BCUT2D eigenvalue weighted by Crippen LogP contribution is -2.59. The van der Waals surface area contributed by atoms with Crippen LogP contribution < -0.4 is 10.6 Å². The van der Waals surface area contributed by atoms with Crippen LogP contribution in [0, 0.1) is 5.92 Å². The molecule has 0 atom stereocenters. The van der Waals surface area contributed by atoms with Crippen LogP contribution in [0.1, 0.15) is 44.1 Å². The summed E-state index contributed by atoms with van der Waals surface area (Å²) in [5.41, 5.74) is 1.91. The highest BCUT2D eigenvalue weighted by Gasteiger charge is 2.44. The van der Waals surface area contributed by atoms with Crippen LogP contribution in [0.25, 0.3) is 0 Å². The number of carbonyl (C=O) groups is 1. The fourth-order valence-electron chi connectivity index (χ4n) is 5.00. The van der Waals surface area contributed by atoms with E-state index in [0.29, 0.717) is 12.5 Å². The first kappa shape index (κ1) is 19.1. The Morgan fingerprint density at radius 1 is 1.10 bits per heavy atom. The molecular weight excluding hydrogens is 374 g/mol. The topological polar surface area (TPSA) is 69.6 Å². The van der Waals surface area contributed by atoms with Crippen molar-refractivity contribution in [2.45, 2.75) is 50.6 Å². The quantitative estimate of drug-likeness (QED) is 0.811. The van der Waals surface area contributed by atoms with Crippen molar-refractivity contribution in [2.24, 2.45) is 10.9 Å². The Bertz CT molecular complexity index is 928. The summed E-state index contributed by atoms with van der Waals surface area (Å²) >= 11 is 0. The number of amidine groups is 1. The van der Waals surface area contributed by atoms with Gasteiger partial charge in [0.1, 0.15) is 5.84 Å². The van der Waals surface area contributed by atoms with Crippen molar-refractivity contribution < 1.29 is 4.79 Å². The number of nitrogens with one attached hydrogen (secondary N) is 2.